The first-order chi connectivity index (χ1) is 16.8. The van der Waals surface area contributed by atoms with Crippen molar-refractivity contribution in [2.24, 2.45) is 0 Å². The number of carbonyl (C=O) groups is 3. The van der Waals surface area contributed by atoms with Gasteiger partial charge in [0.1, 0.15) is 29.5 Å². The molecule has 2 aromatic rings. The van der Waals surface area contributed by atoms with Crippen LogP contribution in [-0.2, 0) is 20.8 Å². The minimum Gasteiger partial charge on any atom is -0.497 e. The molecule has 3 rings (SSSR count). The van der Waals surface area contributed by atoms with E-state index < -0.39 is 58.0 Å². The highest BCUT2D eigenvalue weighted by atomic mass is 32.3. The first kappa shape index (κ1) is 27.4. The Balaban J connectivity index is 1.97. The normalized spacial score (nSPS) is 16.6. The maximum Gasteiger partial charge on any atom is 0.303 e. The van der Waals surface area contributed by atoms with Gasteiger partial charge in [-0.3, -0.25) is 14.4 Å². The minimum atomic E-state index is -1.71. The van der Waals surface area contributed by atoms with Crippen LogP contribution < -0.4 is 10.1 Å². The van der Waals surface area contributed by atoms with Gasteiger partial charge in [-0.2, -0.15) is 0 Å². The summed E-state index contributed by atoms with van der Waals surface area (Å²) in [7, 11) is -0.219. The Morgan fingerprint density at radius 2 is 1.81 bits per heavy atom. The minimum absolute atomic E-state index is 0.0334. The van der Waals surface area contributed by atoms with E-state index in [4.69, 9.17) is 9.84 Å². The van der Waals surface area contributed by atoms with E-state index in [0.717, 1.165) is 22.6 Å². The van der Waals surface area contributed by atoms with Crippen LogP contribution in [0.2, 0.25) is 0 Å². The molecular formula is C25H30F2N2O6S. The number of carbonyl (C=O) groups excluding carboxylic acids is 2. The molecule has 1 aliphatic rings. The molecule has 0 aliphatic carbocycles. The average molecular weight is 525 g/mol. The van der Waals surface area contributed by atoms with Crippen LogP contribution in [-0.4, -0.2) is 71.4 Å². The summed E-state index contributed by atoms with van der Waals surface area (Å²) in [4.78, 5) is 38.5. The van der Waals surface area contributed by atoms with Gasteiger partial charge >= 0.3 is 5.97 Å². The predicted octanol–water partition coefficient (Wildman–Crippen LogP) is 3.32. The van der Waals surface area contributed by atoms with Crippen molar-refractivity contribution in [2.75, 3.05) is 37.7 Å². The molecule has 0 radical (unpaired) electrons. The second-order valence-corrected chi connectivity index (χ2v) is 13.4. The Kier molecular flexibility index (Phi) is 8.25. The van der Waals surface area contributed by atoms with E-state index >= 15 is 0 Å². The number of carboxylic acids is 1. The fourth-order valence-corrected chi connectivity index (χ4v) is 5.54. The van der Waals surface area contributed by atoms with Crippen molar-refractivity contribution in [3.05, 3.63) is 53.1 Å². The molecule has 0 unspecified atom stereocenters. The Labute approximate surface area is 209 Å². The molecule has 36 heavy (non-hydrogen) atoms. The van der Waals surface area contributed by atoms with E-state index in [1.54, 1.807) is 37.0 Å². The predicted molar refractivity (Wildman–Crippen MR) is 133 cm³/mol. The van der Waals surface area contributed by atoms with Crippen molar-refractivity contribution in [3.63, 3.8) is 0 Å². The van der Waals surface area contributed by atoms with Crippen LogP contribution in [0.3, 0.4) is 0 Å². The van der Waals surface area contributed by atoms with Crippen molar-refractivity contribution < 1.29 is 38.1 Å². The maximum absolute atomic E-state index is 14.8. The number of aliphatic hydroxyl groups excluding tert-OH is 1. The standard InChI is InChI=1S/C25H30F2N2O6S/c1-35-16-5-6-17-14(11-16)9-10-29(25(34)20(30)7-8-21(31)32)22(17)24(33)28-15-12-18(26)23(19(27)13-15)36(2,3)4/h5-6,11-13,20,22,30H,7-10H2,1-4H3,(H,28,33)(H,31,32)/t20-,22+/m0/s1. The molecule has 11 heteroatoms. The van der Waals surface area contributed by atoms with Gasteiger partial charge in [-0.1, -0.05) is 6.07 Å². The number of hydrogen-bond acceptors (Lipinski definition) is 5. The molecule has 0 saturated carbocycles. The third-order valence-electron chi connectivity index (χ3n) is 5.90. The zero-order valence-corrected chi connectivity index (χ0v) is 21.3. The number of hydrogen-bond donors (Lipinski definition) is 3. The monoisotopic (exact) mass is 524 g/mol. The molecule has 2 aromatic carbocycles. The highest BCUT2D eigenvalue weighted by Gasteiger charge is 2.38. The summed E-state index contributed by atoms with van der Waals surface area (Å²) in [6, 6.07) is 5.84. The SMILES string of the molecule is COc1ccc2c(c1)CCN(C(=O)[C@@H](O)CCC(=O)O)[C@H]2C(=O)Nc1cc(F)c(S(C)(C)C)c(F)c1. The molecule has 0 aromatic heterocycles. The van der Waals surface area contributed by atoms with Gasteiger partial charge in [0.05, 0.1) is 12.0 Å². The van der Waals surface area contributed by atoms with Crippen molar-refractivity contribution >= 4 is 33.5 Å². The Morgan fingerprint density at radius 1 is 1.17 bits per heavy atom. The van der Waals surface area contributed by atoms with Gasteiger partial charge in [0, 0.05) is 18.7 Å². The summed E-state index contributed by atoms with van der Waals surface area (Å²) in [6.45, 7) is 0.0657. The molecule has 3 N–H and O–H groups in total. The van der Waals surface area contributed by atoms with E-state index in [0.29, 0.717) is 17.7 Å². The van der Waals surface area contributed by atoms with Crippen LogP contribution in [0.15, 0.2) is 35.2 Å². The number of aliphatic hydroxyl groups is 1. The van der Waals surface area contributed by atoms with Crippen molar-refractivity contribution in [3.8, 4) is 5.75 Å². The molecule has 2 atom stereocenters. The Hall–Kier alpha value is -3.18. The molecule has 196 valence electrons. The number of benzene rings is 2. The zero-order valence-electron chi connectivity index (χ0n) is 20.5. The van der Waals surface area contributed by atoms with Gasteiger partial charge < -0.3 is 25.2 Å². The van der Waals surface area contributed by atoms with Crippen molar-refractivity contribution in [1.82, 2.24) is 4.90 Å². The summed E-state index contributed by atoms with van der Waals surface area (Å²) in [6.07, 6.45) is 3.24. The highest BCUT2D eigenvalue weighted by Crippen LogP contribution is 2.48. The van der Waals surface area contributed by atoms with Crippen molar-refractivity contribution in [1.29, 1.82) is 0 Å². The number of halogens is 2. The van der Waals surface area contributed by atoms with Gasteiger partial charge in [-0.05, 0) is 67.0 Å². The number of nitrogens with zero attached hydrogens (tertiary/aromatic N) is 1. The summed E-state index contributed by atoms with van der Waals surface area (Å²) >= 11 is 0. The van der Waals surface area contributed by atoms with Crippen LogP contribution in [0, 0.1) is 11.6 Å². The number of carboxylic acid groups (broad SMARTS) is 1. The van der Waals surface area contributed by atoms with Gasteiger partial charge in [0.25, 0.3) is 11.8 Å². The fraction of sp³-hybridized carbons (Fsp3) is 0.400. The van der Waals surface area contributed by atoms with Crippen LogP contribution in [0.4, 0.5) is 14.5 Å². The Morgan fingerprint density at radius 3 is 2.36 bits per heavy atom. The second kappa shape index (κ2) is 10.8. The van der Waals surface area contributed by atoms with Crippen LogP contribution in [0.1, 0.15) is 30.0 Å². The number of methoxy groups -OCH3 is 1. The van der Waals surface area contributed by atoms with Gasteiger partial charge in [-0.25, -0.2) is 18.8 Å². The average Bonchev–Trinajstić information content (AvgIpc) is 2.79. The molecule has 0 saturated heterocycles. The largest absolute Gasteiger partial charge is 0.497 e. The van der Waals surface area contributed by atoms with Crippen LogP contribution in [0.5, 0.6) is 5.75 Å². The number of fused-ring (bicyclic) bond motifs is 1. The van der Waals surface area contributed by atoms with E-state index in [1.807, 2.05) is 0 Å². The summed E-state index contributed by atoms with van der Waals surface area (Å²) in [5, 5.41) is 21.7. The number of nitrogens with one attached hydrogen (secondary N) is 1. The molecule has 8 nitrogen and oxygen atoms in total. The van der Waals surface area contributed by atoms with E-state index in [2.05, 4.69) is 5.32 Å². The van der Waals surface area contributed by atoms with Gasteiger partial charge in [-0.15, -0.1) is 0 Å². The van der Waals surface area contributed by atoms with Crippen LogP contribution in [0.25, 0.3) is 0 Å². The molecule has 0 spiro atoms. The number of amides is 2. The smallest absolute Gasteiger partial charge is 0.303 e. The summed E-state index contributed by atoms with van der Waals surface area (Å²) in [5.41, 5.74) is 1.10. The molecule has 1 aliphatic heterocycles. The lowest BCUT2D eigenvalue weighted by Crippen LogP contribution is -2.49. The molecule has 0 bridgehead atoms. The van der Waals surface area contributed by atoms with Crippen molar-refractivity contribution in [2.45, 2.75) is 36.3 Å². The third kappa shape index (κ3) is 5.96. The second-order valence-electron chi connectivity index (χ2n) is 9.29. The molecular weight excluding hydrogens is 494 g/mol. The molecule has 2 amide bonds. The van der Waals surface area contributed by atoms with E-state index in [9.17, 15) is 28.3 Å². The summed E-state index contributed by atoms with van der Waals surface area (Å²) < 4.78 is 34.8. The first-order valence-electron chi connectivity index (χ1n) is 11.2. The first-order valence-corrected chi connectivity index (χ1v) is 14.0. The molecule has 1 heterocycles. The van der Waals surface area contributed by atoms with Gasteiger partial charge in [0.15, 0.2) is 0 Å². The van der Waals surface area contributed by atoms with E-state index in [1.165, 1.54) is 7.11 Å². The topological polar surface area (TPSA) is 116 Å². The fourth-order valence-electron chi connectivity index (χ4n) is 4.25. The number of anilines is 1. The lowest BCUT2D eigenvalue weighted by atomic mass is 9.91. The Bertz CT molecular complexity index is 1160. The van der Waals surface area contributed by atoms with Crippen LogP contribution >= 0.6 is 10.0 Å². The number of ether oxygens (including phenoxy) is 1. The number of aliphatic carboxylic acids is 1. The highest BCUT2D eigenvalue weighted by molar-refractivity contribution is 8.32. The lowest BCUT2D eigenvalue weighted by Gasteiger charge is -2.37. The molecule has 0 fully saturated rings. The summed E-state index contributed by atoms with van der Waals surface area (Å²) in [5.74, 6) is -3.70. The van der Waals surface area contributed by atoms with Gasteiger partial charge in [0.2, 0.25) is 0 Å². The quantitative estimate of drug-likeness (QED) is 0.488. The maximum atomic E-state index is 14.8. The number of rotatable bonds is 8. The third-order valence-corrected chi connectivity index (χ3v) is 7.52. The zero-order chi connectivity index (χ0) is 26.8. The van der Waals surface area contributed by atoms with E-state index in [-0.39, 0.29) is 23.5 Å². The lowest BCUT2D eigenvalue weighted by molar-refractivity contribution is -0.148.